The number of ether oxygens (including phenoxy) is 1. The van der Waals surface area contributed by atoms with E-state index >= 15 is 0 Å². The third kappa shape index (κ3) is 3.96. The molecule has 4 rings (SSSR count). The summed E-state index contributed by atoms with van der Waals surface area (Å²) in [5.74, 6) is -1.41. The lowest BCUT2D eigenvalue weighted by molar-refractivity contribution is -0.130. The Balaban J connectivity index is 1.72. The normalized spacial score (nSPS) is 23.7. The number of carbonyl (C=O) groups is 3. The van der Waals surface area contributed by atoms with E-state index in [9.17, 15) is 14.4 Å². The summed E-state index contributed by atoms with van der Waals surface area (Å²) in [5.41, 5.74) is 5.77. The van der Waals surface area contributed by atoms with Crippen molar-refractivity contribution in [2.45, 2.75) is 30.8 Å². The van der Waals surface area contributed by atoms with Crippen molar-refractivity contribution in [1.82, 2.24) is 5.32 Å². The second kappa shape index (κ2) is 8.73. The number of methoxy groups -OCH3 is 1. The summed E-state index contributed by atoms with van der Waals surface area (Å²) in [5, 5.41) is 9.55. The van der Waals surface area contributed by atoms with Crippen LogP contribution in [-0.4, -0.2) is 30.9 Å². The van der Waals surface area contributed by atoms with E-state index in [1.807, 2.05) is 12.1 Å². The molecule has 0 radical (unpaired) electrons. The Hall–Kier alpha value is -2.62. The first-order chi connectivity index (χ1) is 15.2. The molecule has 32 heavy (non-hydrogen) atoms. The smallest absolute Gasteiger partial charge is 0.250 e. The molecule has 0 aliphatic carbocycles. The van der Waals surface area contributed by atoms with Crippen molar-refractivity contribution in [1.29, 1.82) is 0 Å². The van der Waals surface area contributed by atoms with Gasteiger partial charge in [0, 0.05) is 33.2 Å². The molecule has 5 N–H and O–H groups in total. The standard InChI is InChI=1S/C22H22BrClN4O4/c1-32-18-6-3-12(24)9-17(18)26-20(30)15-10-13(4-7-19(25)29)28-22(15)14-8-11(23)2-5-16(14)27-21(22)31/h2-3,5-6,8-9,13,15,28H,4,7,10H2,1H3,(H2,25,29)(H,26,30)(H,27,31). The van der Waals surface area contributed by atoms with E-state index < -0.39 is 17.4 Å². The summed E-state index contributed by atoms with van der Waals surface area (Å²) in [7, 11) is 1.50. The molecule has 1 saturated heterocycles. The summed E-state index contributed by atoms with van der Waals surface area (Å²) in [6.07, 6.45) is 0.913. The van der Waals surface area contributed by atoms with E-state index in [0.29, 0.717) is 40.6 Å². The number of benzene rings is 2. The molecule has 168 valence electrons. The van der Waals surface area contributed by atoms with Gasteiger partial charge in [-0.25, -0.2) is 0 Å². The van der Waals surface area contributed by atoms with Crippen molar-refractivity contribution in [3.8, 4) is 5.75 Å². The Morgan fingerprint density at radius 1 is 1.31 bits per heavy atom. The minimum Gasteiger partial charge on any atom is -0.495 e. The maximum absolute atomic E-state index is 13.5. The van der Waals surface area contributed by atoms with Crippen molar-refractivity contribution in [3.05, 3.63) is 51.5 Å². The Morgan fingerprint density at radius 2 is 2.09 bits per heavy atom. The molecule has 3 amide bonds. The number of nitrogens with two attached hydrogens (primary N) is 1. The molecule has 2 heterocycles. The highest BCUT2D eigenvalue weighted by atomic mass is 79.9. The van der Waals surface area contributed by atoms with E-state index in [2.05, 4.69) is 31.9 Å². The summed E-state index contributed by atoms with van der Waals surface area (Å²) < 4.78 is 6.12. The second-order valence-corrected chi connectivity index (χ2v) is 9.27. The number of nitrogens with one attached hydrogen (secondary N) is 3. The molecular weight excluding hydrogens is 500 g/mol. The topological polar surface area (TPSA) is 123 Å². The lowest BCUT2D eigenvalue weighted by atomic mass is 9.79. The molecular formula is C22H22BrClN4O4. The Morgan fingerprint density at radius 3 is 2.81 bits per heavy atom. The number of amides is 3. The van der Waals surface area contributed by atoms with Gasteiger partial charge in [0.05, 0.1) is 18.7 Å². The second-order valence-electron chi connectivity index (χ2n) is 7.92. The fourth-order valence-corrected chi connectivity index (χ4v) is 5.07. The third-order valence-electron chi connectivity index (χ3n) is 5.96. The first kappa shape index (κ1) is 22.6. The van der Waals surface area contributed by atoms with Crippen LogP contribution in [0, 0.1) is 5.92 Å². The van der Waals surface area contributed by atoms with Crippen LogP contribution in [0.4, 0.5) is 11.4 Å². The summed E-state index contributed by atoms with van der Waals surface area (Å²) in [6.45, 7) is 0. The average Bonchev–Trinajstić information content (AvgIpc) is 3.26. The quantitative estimate of drug-likeness (QED) is 0.465. The number of hydrogen-bond acceptors (Lipinski definition) is 5. The Labute approximate surface area is 198 Å². The van der Waals surface area contributed by atoms with E-state index in [1.165, 1.54) is 7.11 Å². The van der Waals surface area contributed by atoms with Crippen LogP contribution >= 0.6 is 27.5 Å². The molecule has 2 aromatic carbocycles. The van der Waals surface area contributed by atoms with Gasteiger partial charge >= 0.3 is 0 Å². The van der Waals surface area contributed by atoms with Gasteiger partial charge in [0.25, 0.3) is 0 Å². The molecule has 3 unspecified atom stereocenters. The van der Waals surface area contributed by atoms with E-state index in [1.54, 1.807) is 24.3 Å². The summed E-state index contributed by atoms with van der Waals surface area (Å²) in [6, 6.07) is 10.1. The molecule has 3 atom stereocenters. The van der Waals surface area contributed by atoms with E-state index in [0.717, 1.165) is 4.47 Å². The number of anilines is 2. The zero-order valence-corrected chi connectivity index (χ0v) is 19.5. The van der Waals surface area contributed by atoms with Crippen LogP contribution in [0.15, 0.2) is 40.9 Å². The minimum atomic E-state index is -1.28. The van der Waals surface area contributed by atoms with Crippen molar-refractivity contribution in [2.24, 2.45) is 11.7 Å². The molecule has 1 fully saturated rings. The third-order valence-corrected chi connectivity index (χ3v) is 6.69. The number of hydrogen-bond donors (Lipinski definition) is 4. The zero-order valence-electron chi connectivity index (χ0n) is 17.2. The van der Waals surface area contributed by atoms with Gasteiger partial charge in [0.1, 0.15) is 11.3 Å². The Kier molecular flexibility index (Phi) is 6.15. The molecule has 2 aromatic rings. The van der Waals surface area contributed by atoms with Crippen LogP contribution in [0.25, 0.3) is 0 Å². The number of rotatable bonds is 6. The summed E-state index contributed by atoms with van der Waals surface area (Å²) >= 11 is 9.56. The van der Waals surface area contributed by atoms with Gasteiger partial charge in [0.2, 0.25) is 17.7 Å². The first-order valence-corrected chi connectivity index (χ1v) is 11.2. The number of primary amides is 1. The van der Waals surface area contributed by atoms with Gasteiger partial charge in [-0.1, -0.05) is 27.5 Å². The molecule has 2 aliphatic rings. The van der Waals surface area contributed by atoms with Crippen molar-refractivity contribution >= 4 is 56.6 Å². The number of carbonyl (C=O) groups excluding carboxylic acids is 3. The van der Waals surface area contributed by atoms with Crippen LogP contribution in [-0.2, 0) is 19.9 Å². The van der Waals surface area contributed by atoms with Gasteiger partial charge in [-0.15, -0.1) is 0 Å². The minimum absolute atomic E-state index is 0.150. The van der Waals surface area contributed by atoms with Gasteiger partial charge in [-0.3, -0.25) is 19.7 Å². The number of fused-ring (bicyclic) bond motifs is 2. The van der Waals surface area contributed by atoms with E-state index in [4.69, 9.17) is 22.1 Å². The predicted octanol–water partition coefficient (Wildman–Crippen LogP) is 3.14. The highest BCUT2D eigenvalue weighted by Crippen LogP contribution is 2.48. The highest BCUT2D eigenvalue weighted by molar-refractivity contribution is 9.10. The lowest BCUT2D eigenvalue weighted by Crippen LogP contribution is -2.52. The van der Waals surface area contributed by atoms with Crippen LogP contribution in [0.5, 0.6) is 5.75 Å². The maximum Gasteiger partial charge on any atom is 0.250 e. The average molecular weight is 522 g/mol. The van der Waals surface area contributed by atoms with E-state index in [-0.39, 0.29) is 24.3 Å². The molecule has 8 nitrogen and oxygen atoms in total. The molecule has 0 bridgehead atoms. The molecule has 0 saturated carbocycles. The summed E-state index contributed by atoms with van der Waals surface area (Å²) in [4.78, 5) is 38.2. The predicted molar refractivity (Wildman–Crippen MR) is 125 cm³/mol. The zero-order chi connectivity index (χ0) is 23.0. The highest BCUT2D eigenvalue weighted by Gasteiger charge is 2.60. The van der Waals surface area contributed by atoms with Gasteiger partial charge in [-0.2, -0.15) is 0 Å². The van der Waals surface area contributed by atoms with Crippen LogP contribution < -0.4 is 26.4 Å². The first-order valence-electron chi connectivity index (χ1n) is 10.1. The van der Waals surface area contributed by atoms with Crippen molar-refractivity contribution in [2.75, 3.05) is 17.7 Å². The van der Waals surface area contributed by atoms with Crippen molar-refractivity contribution < 1.29 is 19.1 Å². The SMILES string of the molecule is COc1ccc(Cl)cc1NC(=O)C1CC(CCC(N)=O)NC12C(=O)Nc1ccc(Br)cc12. The Bertz CT molecular complexity index is 1110. The fraction of sp³-hybridized carbons (Fsp3) is 0.318. The van der Waals surface area contributed by atoms with Crippen LogP contribution in [0.2, 0.25) is 5.02 Å². The van der Waals surface area contributed by atoms with Crippen LogP contribution in [0.1, 0.15) is 24.8 Å². The molecule has 1 spiro atoms. The molecule has 0 aromatic heterocycles. The largest absolute Gasteiger partial charge is 0.495 e. The lowest BCUT2D eigenvalue weighted by Gasteiger charge is -2.29. The van der Waals surface area contributed by atoms with Crippen LogP contribution in [0.3, 0.4) is 0 Å². The van der Waals surface area contributed by atoms with Gasteiger partial charge < -0.3 is 21.1 Å². The monoisotopic (exact) mass is 520 g/mol. The van der Waals surface area contributed by atoms with Gasteiger partial charge in [-0.05, 0) is 49.2 Å². The van der Waals surface area contributed by atoms with Crippen molar-refractivity contribution in [3.63, 3.8) is 0 Å². The molecule has 2 aliphatic heterocycles. The molecule has 10 heteroatoms. The van der Waals surface area contributed by atoms with Gasteiger partial charge in [0.15, 0.2) is 0 Å². The maximum atomic E-state index is 13.5. The fourth-order valence-electron chi connectivity index (χ4n) is 4.53. The number of halogens is 2.